The summed E-state index contributed by atoms with van der Waals surface area (Å²) in [6.45, 7) is 1.38. The minimum atomic E-state index is -3.11. The zero-order valence-corrected chi connectivity index (χ0v) is 17.5. The Hall–Kier alpha value is -3.47. The van der Waals surface area contributed by atoms with Crippen LogP contribution in [-0.4, -0.2) is 53.0 Å². The van der Waals surface area contributed by atoms with Crippen molar-refractivity contribution < 1.29 is 18.0 Å². The Bertz CT molecular complexity index is 1340. The molecule has 0 saturated carbocycles. The summed E-state index contributed by atoms with van der Waals surface area (Å²) in [5, 5.41) is 9.77. The van der Waals surface area contributed by atoms with Gasteiger partial charge < -0.3 is 15.6 Å². The summed E-state index contributed by atoms with van der Waals surface area (Å²) in [7, 11) is -3.11. The maximum atomic E-state index is 12.5. The highest BCUT2D eigenvalue weighted by Crippen LogP contribution is 2.27. The molecule has 2 aromatic heterocycles. The van der Waals surface area contributed by atoms with Crippen LogP contribution >= 0.6 is 0 Å². The van der Waals surface area contributed by atoms with Crippen LogP contribution < -0.4 is 16.1 Å². The van der Waals surface area contributed by atoms with Gasteiger partial charge in [-0.1, -0.05) is 12.1 Å². The van der Waals surface area contributed by atoms with Crippen LogP contribution in [0.4, 0.5) is 5.82 Å². The molecule has 0 radical (unpaired) electrons. The van der Waals surface area contributed by atoms with Crippen molar-refractivity contribution in [3.8, 4) is 0 Å². The monoisotopic (exact) mass is 443 g/mol. The summed E-state index contributed by atoms with van der Waals surface area (Å²) in [5.41, 5.74) is 0.720. The molecule has 1 aliphatic rings. The molecule has 2 amide bonds. The highest BCUT2D eigenvalue weighted by molar-refractivity contribution is 7.91. The number of rotatable bonds is 5. The van der Waals surface area contributed by atoms with Gasteiger partial charge in [0.2, 0.25) is 11.3 Å². The van der Waals surface area contributed by atoms with Gasteiger partial charge in [-0.3, -0.25) is 14.4 Å². The molecule has 1 aromatic carbocycles. The minimum Gasteiger partial charge on any atom is -0.360 e. The number of aryl methyl sites for hydroxylation is 1. The highest BCUT2D eigenvalue weighted by Gasteiger charge is 2.31. The molecule has 1 unspecified atom stereocenters. The first-order chi connectivity index (χ1) is 14.7. The molecule has 1 aliphatic heterocycles. The number of nitrogens with zero attached hydrogens (tertiary/aromatic N) is 2. The molecule has 3 aromatic rings. The van der Waals surface area contributed by atoms with E-state index in [0.717, 1.165) is 0 Å². The molecule has 10 nitrogen and oxygen atoms in total. The number of aromatic amines is 1. The third kappa shape index (κ3) is 4.36. The predicted molar refractivity (Wildman–Crippen MR) is 115 cm³/mol. The van der Waals surface area contributed by atoms with Gasteiger partial charge >= 0.3 is 0 Å². The van der Waals surface area contributed by atoms with Crippen LogP contribution in [0.5, 0.6) is 0 Å². The van der Waals surface area contributed by atoms with Crippen molar-refractivity contribution in [3.63, 3.8) is 0 Å². The summed E-state index contributed by atoms with van der Waals surface area (Å²) in [6.07, 6.45) is 1.74. The van der Waals surface area contributed by atoms with Crippen molar-refractivity contribution in [3.05, 3.63) is 58.0 Å². The fraction of sp³-hybridized carbons (Fsp3) is 0.300. The van der Waals surface area contributed by atoms with Gasteiger partial charge in [0, 0.05) is 23.2 Å². The quantitative estimate of drug-likeness (QED) is 0.531. The second-order valence-corrected chi connectivity index (χ2v) is 9.71. The van der Waals surface area contributed by atoms with E-state index in [4.69, 9.17) is 0 Å². The van der Waals surface area contributed by atoms with Crippen LogP contribution in [-0.2, 0) is 14.6 Å². The molecule has 162 valence electrons. The van der Waals surface area contributed by atoms with Crippen LogP contribution in [0, 0.1) is 6.92 Å². The predicted octanol–water partition coefficient (Wildman–Crippen LogP) is 0.761. The number of sulfone groups is 1. The number of benzene rings is 1. The standard InChI is InChI=1S/C20H21N5O5S/c1-12-8-17(25(24-12)13-6-7-31(29,30)11-13)23-18(26)10-22-20(28)15-9-21-16-5-3-2-4-14(16)19(15)27/h2-5,8-9,13H,6-7,10-11H2,1H3,(H,21,27)(H,22,28)(H,23,26). The zero-order valence-electron chi connectivity index (χ0n) is 16.7. The summed E-state index contributed by atoms with van der Waals surface area (Å²) in [4.78, 5) is 40.2. The third-order valence-corrected chi connectivity index (χ3v) is 6.87. The molecule has 0 spiro atoms. The minimum absolute atomic E-state index is 0.0293. The average Bonchev–Trinajstić information content (AvgIpc) is 3.27. The smallest absolute Gasteiger partial charge is 0.257 e. The summed E-state index contributed by atoms with van der Waals surface area (Å²) in [6, 6.07) is 8.11. The van der Waals surface area contributed by atoms with Gasteiger partial charge in [-0.15, -0.1) is 0 Å². The molecule has 1 atom stereocenters. The molecular formula is C20H21N5O5S. The number of fused-ring (bicyclic) bond motifs is 1. The molecule has 3 N–H and O–H groups in total. The summed E-state index contributed by atoms with van der Waals surface area (Å²) >= 11 is 0. The Morgan fingerprint density at radius 1 is 1.29 bits per heavy atom. The lowest BCUT2D eigenvalue weighted by molar-refractivity contribution is -0.115. The third-order valence-electron chi connectivity index (χ3n) is 5.12. The summed E-state index contributed by atoms with van der Waals surface area (Å²) in [5.74, 6) is -0.776. The largest absolute Gasteiger partial charge is 0.360 e. The number of hydrogen-bond donors (Lipinski definition) is 3. The van der Waals surface area contributed by atoms with Crippen LogP contribution in [0.15, 0.2) is 41.3 Å². The van der Waals surface area contributed by atoms with E-state index in [1.807, 2.05) is 0 Å². The Balaban J connectivity index is 1.43. The lowest BCUT2D eigenvalue weighted by Gasteiger charge is -2.14. The van der Waals surface area contributed by atoms with E-state index in [1.165, 1.54) is 10.9 Å². The van der Waals surface area contributed by atoms with Crippen LogP contribution in [0.2, 0.25) is 0 Å². The van der Waals surface area contributed by atoms with E-state index in [-0.39, 0.29) is 29.7 Å². The second-order valence-electron chi connectivity index (χ2n) is 7.48. The van der Waals surface area contributed by atoms with Gasteiger partial charge in [-0.25, -0.2) is 13.1 Å². The van der Waals surface area contributed by atoms with Crippen LogP contribution in [0.25, 0.3) is 10.9 Å². The van der Waals surface area contributed by atoms with Crippen LogP contribution in [0.1, 0.15) is 28.5 Å². The lowest BCUT2D eigenvalue weighted by Crippen LogP contribution is -2.35. The molecule has 3 heterocycles. The van der Waals surface area contributed by atoms with E-state index >= 15 is 0 Å². The van der Waals surface area contributed by atoms with Gasteiger partial charge in [-0.05, 0) is 25.5 Å². The van der Waals surface area contributed by atoms with E-state index in [1.54, 1.807) is 37.3 Å². The van der Waals surface area contributed by atoms with Crippen molar-refractivity contribution in [1.82, 2.24) is 20.1 Å². The van der Waals surface area contributed by atoms with E-state index in [2.05, 4.69) is 20.7 Å². The number of H-pyrrole nitrogens is 1. The van der Waals surface area contributed by atoms with Crippen molar-refractivity contribution >= 4 is 38.4 Å². The first-order valence-electron chi connectivity index (χ1n) is 9.68. The van der Waals surface area contributed by atoms with Crippen molar-refractivity contribution in [1.29, 1.82) is 0 Å². The zero-order chi connectivity index (χ0) is 22.2. The Labute approximate surface area is 177 Å². The van der Waals surface area contributed by atoms with E-state index in [0.29, 0.717) is 28.8 Å². The molecule has 4 rings (SSSR count). The van der Waals surface area contributed by atoms with Gasteiger partial charge in [0.15, 0.2) is 9.84 Å². The fourth-order valence-electron chi connectivity index (χ4n) is 3.64. The van der Waals surface area contributed by atoms with Crippen LogP contribution in [0.3, 0.4) is 0 Å². The molecule has 1 fully saturated rings. The molecule has 0 bridgehead atoms. The van der Waals surface area contributed by atoms with Gasteiger partial charge in [0.05, 0.1) is 29.8 Å². The van der Waals surface area contributed by atoms with Gasteiger partial charge in [0.25, 0.3) is 5.91 Å². The fourth-order valence-corrected chi connectivity index (χ4v) is 5.33. The number of nitrogens with one attached hydrogen (secondary N) is 3. The maximum absolute atomic E-state index is 12.5. The number of anilines is 1. The van der Waals surface area contributed by atoms with Gasteiger partial charge in [0.1, 0.15) is 11.4 Å². The van der Waals surface area contributed by atoms with E-state index in [9.17, 15) is 22.8 Å². The number of amides is 2. The second kappa shape index (κ2) is 7.99. The maximum Gasteiger partial charge on any atom is 0.257 e. The van der Waals surface area contributed by atoms with Crippen molar-refractivity contribution in [2.75, 3.05) is 23.4 Å². The number of carbonyl (C=O) groups excluding carboxylic acids is 2. The highest BCUT2D eigenvalue weighted by atomic mass is 32.2. The normalized spacial score (nSPS) is 17.5. The number of aromatic nitrogens is 3. The number of pyridine rings is 1. The topological polar surface area (TPSA) is 143 Å². The Morgan fingerprint density at radius 3 is 2.81 bits per heavy atom. The molecule has 0 aliphatic carbocycles. The number of para-hydroxylation sites is 1. The first kappa shape index (κ1) is 20.8. The average molecular weight is 443 g/mol. The number of carbonyl (C=O) groups is 2. The molecule has 31 heavy (non-hydrogen) atoms. The lowest BCUT2D eigenvalue weighted by atomic mass is 10.1. The number of hydrogen-bond acceptors (Lipinski definition) is 6. The molecule has 1 saturated heterocycles. The Morgan fingerprint density at radius 2 is 2.06 bits per heavy atom. The van der Waals surface area contributed by atoms with Crippen molar-refractivity contribution in [2.45, 2.75) is 19.4 Å². The molecule has 11 heteroatoms. The SMILES string of the molecule is Cc1cc(NC(=O)CNC(=O)c2c[nH]c3ccccc3c2=O)n(C2CCS(=O)(=O)C2)n1. The first-order valence-corrected chi connectivity index (χ1v) is 11.5. The summed E-state index contributed by atoms with van der Waals surface area (Å²) < 4.78 is 25.1. The van der Waals surface area contributed by atoms with Crippen molar-refractivity contribution in [2.24, 2.45) is 0 Å². The molecular weight excluding hydrogens is 422 g/mol. The van der Waals surface area contributed by atoms with Gasteiger partial charge in [-0.2, -0.15) is 5.10 Å². The van der Waals surface area contributed by atoms with E-state index < -0.39 is 27.1 Å². The Kier molecular flexibility index (Phi) is 5.36.